The number of fused-ring (bicyclic) bond motifs is 2. The Bertz CT molecular complexity index is 171. The summed E-state index contributed by atoms with van der Waals surface area (Å²) in [6, 6.07) is 0. The Hall–Kier alpha value is -0.120. The Labute approximate surface area is 65.7 Å². The second kappa shape index (κ2) is 2.19. The summed E-state index contributed by atoms with van der Waals surface area (Å²) in [5.41, 5.74) is -0.863. The van der Waals surface area contributed by atoms with Gasteiger partial charge < -0.3 is 15.3 Å². The summed E-state index contributed by atoms with van der Waals surface area (Å²) in [6.07, 6.45) is 1.38. The van der Waals surface area contributed by atoms with Gasteiger partial charge in [0, 0.05) is 6.61 Å². The van der Waals surface area contributed by atoms with Gasteiger partial charge in [0.05, 0.1) is 11.7 Å². The average molecular weight is 158 g/mol. The molecule has 3 heteroatoms. The molecule has 0 aromatic carbocycles. The van der Waals surface area contributed by atoms with E-state index in [0.29, 0.717) is 25.2 Å². The molecule has 0 aliphatic heterocycles. The topological polar surface area (TPSA) is 60.7 Å². The number of aliphatic hydroxyl groups is 3. The molecule has 2 saturated carbocycles. The zero-order chi connectivity index (χ0) is 8.06. The van der Waals surface area contributed by atoms with E-state index in [1.54, 1.807) is 0 Å². The molecule has 2 bridgehead atoms. The molecule has 0 spiro atoms. The molecule has 0 radical (unpaired) electrons. The molecular formula is C8H14O3. The van der Waals surface area contributed by atoms with Crippen LogP contribution in [0.3, 0.4) is 0 Å². The van der Waals surface area contributed by atoms with E-state index in [0.717, 1.165) is 0 Å². The lowest BCUT2D eigenvalue weighted by atomic mass is 9.86. The summed E-state index contributed by atoms with van der Waals surface area (Å²) in [4.78, 5) is 0. The van der Waals surface area contributed by atoms with E-state index in [4.69, 9.17) is 5.11 Å². The highest BCUT2D eigenvalue weighted by Crippen LogP contribution is 2.50. The fourth-order valence-corrected chi connectivity index (χ4v) is 2.59. The van der Waals surface area contributed by atoms with E-state index in [1.165, 1.54) is 0 Å². The number of aliphatic hydroxyl groups excluding tert-OH is 2. The van der Waals surface area contributed by atoms with Gasteiger partial charge in [-0.3, -0.25) is 0 Å². The van der Waals surface area contributed by atoms with Crippen molar-refractivity contribution in [3.8, 4) is 0 Å². The van der Waals surface area contributed by atoms with E-state index >= 15 is 0 Å². The van der Waals surface area contributed by atoms with E-state index in [9.17, 15) is 10.2 Å². The zero-order valence-electron chi connectivity index (χ0n) is 6.40. The van der Waals surface area contributed by atoms with Crippen LogP contribution in [0.15, 0.2) is 0 Å². The van der Waals surface area contributed by atoms with Crippen LogP contribution >= 0.6 is 0 Å². The van der Waals surface area contributed by atoms with Crippen molar-refractivity contribution in [3.05, 3.63) is 0 Å². The van der Waals surface area contributed by atoms with Crippen LogP contribution in [0.4, 0.5) is 0 Å². The van der Waals surface area contributed by atoms with Crippen LogP contribution in [-0.2, 0) is 0 Å². The van der Waals surface area contributed by atoms with Gasteiger partial charge in [0.15, 0.2) is 0 Å². The lowest BCUT2D eigenvalue weighted by Crippen LogP contribution is -2.39. The second-order valence-electron chi connectivity index (χ2n) is 3.97. The summed E-state index contributed by atoms with van der Waals surface area (Å²) in [7, 11) is 0. The minimum Gasteiger partial charge on any atom is -0.396 e. The molecule has 0 aromatic heterocycles. The van der Waals surface area contributed by atoms with Gasteiger partial charge in [-0.1, -0.05) is 0 Å². The van der Waals surface area contributed by atoms with Gasteiger partial charge in [-0.15, -0.1) is 0 Å². The summed E-state index contributed by atoms with van der Waals surface area (Å²) in [5, 5.41) is 28.0. The van der Waals surface area contributed by atoms with Crippen molar-refractivity contribution < 1.29 is 15.3 Å². The molecule has 2 aliphatic carbocycles. The molecule has 2 aliphatic rings. The molecule has 3 nitrogen and oxygen atoms in total. The monoisotopic (exact) mass is 158 g/mol. The standard InChI is InChI=1S/C8H14O3/c9-4-6-3-8(11)2-5(6)1-7(8)10/h5-7,9-11H,1-4H2. The molecule has 2 rings (SSSR count). The van der Waals surface area contributed by atoms with Gasteiger partial charge >= 0.3 is 0 Å². The molecule has 4 atom stereocenters. The van der Waals surface area contributed by atoms with Crippen LogP contribution in [0.1, 0.15) is 19.3 Å². The Morgan fingerprint density at radius 1 is 1.36 bits per heavy atom. The molecule has 2 fully saturated rings. The lowest BCUT2D eigenvalue weighted by Gasteiger charge is -2.29. The highest BCUT2D eigenvalue weighted by Gasteiger charge is 2.54. The number of hydrogen-bond donors (Lipinski definition) is 3. The van der Waals surface area contributed by atoms with Crippen LogP contribution in [-0.4, -0.2) is 33.6 Å². The van der Waals surface area contributed by atoms with Crippen LogP contribution in [0.25, 0.3) is 0 Å². The first-order chi connectivity index (χ1) is 5.15. The van der Waals surface area contributed by atoms with Crippen molar-refractivity contribution in [1.82, 2.24) is 0 Å². The summed E-state index contributed by atoms with van der Waals surface area (Å²) >= 11 is 0. The Kier molecular flexibility index (Phi) is 1.50. The molecule has 64 valence electrons. The molecule has 11 heavy (non-hydrogen) atoms. The molecule has 4 unspecified atom stereocenters. The molecule has 3 N–H and O–H groups in total. The molecule has 0 amide bonds. The van der Waals surface area contributed by atoms with Gasteiger partial charge in [0.25, 0.3) is 0 Å². The van der Waals surface area contributed by atoms with Crippen LogP contribution in [0.2, 0.25) is 0 Å². The predicted molar refractivity (Wildman–Crippen MR) is 38.9 cm³/mol. The molecule has 0 heterocycles. The zero-order valence-corrected chi connectivity index (χ0v) is 6.40. The summed E-state index contributed by atoms with van der Waals surface area (Å²) < 4.78 is 0. The van der Waals surface area contributed by atoms with E-state index in [2.05, 4.69) is 0 Å². The minimum absolute atomic E-state index is 0.152. The average Bonchev–Trinajstić information content (AvgIpc) is 2.40. The number of rotatable bonds is 1. The predicted octanol–water partition coefficient (Wildman–Crippen LogP) is -0.499. The Balaban J connectivity index is 2.13. The third-order valence-corrected chi connectivity index (χ3v) is 3.28. The first-order valence-electron chi connectivity index (χ1n) is 4.17. The number of hydrogen-bond acceptors (Lipinski definition) is 3. The Morgan fingerprint density at radius 2 is 2.09 bits per heavy atom. The summed E-state index contributed by atoms with van der Waals surface area (Å²) in [6.45, 7) is 0.152. The second-order valence-corrected chi connectivity index (χ2v) is 3.97. The quantitative estimate of drug-likeness (QED) is 0.482. The van der Waals surface area contributed by atoms with Crippen molar-refractivity contribution in [1.29, 1.82) is 0 Å². The summed E-state index contributed by atoms with van der Waals surface area (Å²) in [5.74, 6) is 0.573. The SMILES string of the molecule is OCC1CC2(O)CC1CC2O. The smallest absolute Gasteiger partial charge is 0.0911 e. The molecule has 0 saturated heterocycles. The van der Waals surface area contributed by atoms with Crippen molar-refractivity contribution >= 4 is 0 Å². The fraction of sp³-hybridized carbons (Fsp3) is 1.00. The van der Waals surface area contributed by atoms with Gasteiger partial charge in [0.2, 0.25) is 0 Å². The normalized spacial score (nSPS) is 55.4. The van der Waals surface area contributed by atoms with E-state index in [1.807, 2.05) is 0 Å². The van der Waals surface area contributed by atoms with Gasteiger partial charge in [-0.05, 0) is 31.1 Å². The first-order valence-corrected chi connectivity index (χ1v) is 4.17. The lowest BCUT2D eigenvalue weighted by molar-refractivity contribution is -0.0683. The van der Waals surface area contributed by atoms with Crippen molar-refractivity contribution in [2.75, 3.05) is 6.61 Å². The van der Waals surface area contributed by atoms with Gasteiger partial charge in [-0.2, -0.15) is 0 Å². The minimum atomic E-state index is -0.863. The highest BCUT2D eigenvalue weighted by molar-refractivity contribution is 5.06. The van der Waals surface area contributed by atoms with Crippen LogP contribution in [0.5, 0.6) is 0 Å². The van der Waals surface area contributed by atoms with Crippen molar-refractivity contribution in [2.24, 2.45) is 11.8 Å². The van der Waals surface area contributed by atoms with Crippen molar-refractivity contribution in [3.63, 3.8) is 0 Å². The maximum Gasteiger partial charge on any atom is 0.0911 e. The maximum absolute atomic E-state index is 9.75. The van der Waals surface area contributed by atoms with E-state index in [-0.39, 0.29) is 12.5 Å². The largest absolute Gasteiger partial charge is 0.396 e. The fourth-order valence-electron chi connectivity index (χ4n) is 2.59. The van der Waals surface area contributed by atoms with Crippen molar-refractivity contribution in [2.45, 2.75) is 31.0 Å². The molecular weight excluding hydrogens is 144 g/mol. The van der Waals surface area contributed by atoms with Crippen LogP contribution < -0.4 is 0 Å². The molecule has 0 aromatic rings. The third kappa shape index (κ3) is 0.916. The van der Waals surface area contributed by atoms with E-state index < -0.39 is 11.7 Å². The maximum atomic E-state index is 9.75. The third-order valence-electron chi connectivity index (χ3n) is 3.28. The first kappa shape index (κ1) is 7.53. The Morgan fingerprint density at radius 3 is 2.45 bits per heavy atom. The van der Waals surface area contributed by atoms with Crippen LogP contribution in [0, 0.1) is 11.8 Å². The van der Waals surface area contributed by atoms with Gasteiger partial charge in [-0.25, -0.2) is 0 Å². The highest BCUT2D eigenvalue weighted by atomic mass is 16.3. The van der Waals surface area contributed by atoms with Gasteiger partial charge in [0.1, 0.15) is 0 Å².